The third-order valence-electron chi connectivity index (χ3n) is 4.00. The Morgan fingerprint density at radius 3 is 2.72 bits per heavy atom. The van der Waals surface area contributed by atoms with Gasteiger partial charge in [-0.1, -0.05) is 29.3 Å². The molecule has 1 aliphatic rings. The number of ether oxygens (including phenoxy) is 1. The van der Waals surface area contributed by atoms with Crippen LogP contribution in [0.4, 0.5) is 0 Å². The van der Waals surface area contributed by atoms with Crippen LogP contribution >= 0.6 is 45.8 Å². The van der Waals surface area contributed by atoms with Crippen molar-refractivity contribution in [3.63, 3.8) is 0 Å². The second-order valence-electron chi connectivity index (χ2n) is 5.47. The van der Waals surface area contributed by atoms with E-state index in [4.69, 9.17) is 27.9 Å². The number of aromatic nitrogens is 2. The van der Waals surface area contributed by atoms with Crippen LogP contribution in [0.1, 0.15) is 16.1 Å². The van der Waals surface area contributed by atoms with Crippen molar-refractivity contribution in [1.82, 2.24) is 10.2 Å². The lowest BCUT2D eigenvalue weighted by molar-refractivity contribution is 0.0687. The first-order chi connectivity index (χ1) is 12.0. The molecule has 0 saturated carbocycles. The van der Waals surface area contributed by atoms with Crippen molar-refractivity contribution >= 4 is 51.8 Å². The molecule has 4 rings (SSSR count). The predicted molar refractivity (Wildman–Crippen MR) is 103 cm³/mol. The quantitative estimate of drug-likeness (QED) is 0.485. The van der Waals surface area contributed by atoms with E-state index < -0.39 is 5.97 Å². The summed E-state index contributed by atoms with van der Waals surface area (Å²) in [5, 5.41) is 17.1. The van der Waals surface area contributed by atoms with Crippen LogP contribution < -0.4 is 4.74 Å². The van der Waals surface area contributed by atoms with E-state index in [9.17, 15) is 9.90 Å². The van der Waals surface area contributed by atoms with Crippen LogP contribution in [0.15, 0.2) is 30.3 Å². The molecule has 0 atom stereocenters. The second-order valence-corrected chi connectivity index (χ2v) is 7.48. The molecule has 2 aromatic carbocycles. The van der Waals surface area contributed by atoms with Crippen molar-refractivity contribution in [2.75, 3.05) is 0 Å². The fourth-order valence-electron chi connectivity index (χ4n) is 2.83. The van der Waals surface area contributed by atoms with Gasteiger partial charge in [-0.15, -0.1) is 0 Å². The van der Waals surface area contributed by atoms with Crippen LogP contribution in [0.3, 0.4) is 0 Å². The van der Waals surface area contributed by atoms with Gasteiger partial charge in [-0.25, -0.2) is 4.79 Å². The summed E-state index contributed by atoms with van der Waals surface area (Å²) in [6.07, 6.45) is 0. The molecule has 0 radical (unpaired) electrons. The van der Waals surface area contributed by atoms with Crippen molar-refractivity contribution < 1.29 is 14.6 Å². The first kappa shape index (κ1) is 16.7. The third-order valence-corrected chi connectivity index (χ3v) is 5.44. The van der Waals surface area contributed by atoms with E-state index >= 15 is 0 Å². The van der Waals surface area contributed by atoms with Gasteiger partial charge >= 0.3 is 5.97 Å². The lowest BCUT2D eigenvalue weighted by atomic mass is 9.97. The number of halogens is 3. The topological polar surface area (TPSA) is 75.2 Å². The Kier molecular flexibility index (Phi) is 4.13. The van der Waals surface area contributed by atoms with Gasteiger partial charge in [0, 0.05) is 24.7 Å². The van der Waals surface area contributed by atoms with Crippen molar-refractivity contribution in [3.8, 4) is 28.1 Å². The minimum absolute atomic E-state index is 0.0466. The van der Waals surface area contributed by atoms with Crippen molar-refractivity contribution in [3.05, 3.63) is 55.2 Å². The fourth-order valence-corrected chi connectivity index (χ4v) is 4.07. The van der Waals surface area contributed by atoms with Crippen LogP contribution in [0.25, 0.3) is 22.4 Å². The van der Waals surface area contributed by atoms with E-state index in [2.05, 4.69) is 32.8 Å². The molecule has 0 unspecified atom stereocenters. The summed E-state index contributed by atoms with van der Waals surface area (Å²) in [7, 11) is 0. The van der Waals surface area contributed by atoms with Gasteiger partial charge in [0.05, 0.1) is 5.56 Å². The van der Waals surface area contributed by atoms with E-state index in [1.54, 1.807) is 12.1 Å². The highest BCUT2D eigenvalue weighted by atomic mass is 127. The van der Waals surface area contributed by atoms with E-state index in [0.717, 1.165) is 20.3 Å². The predicted octanol–water partition coefficient (Wildman–Crippen LogP) is 5.25. The smallest absolute Gasteiger partial charge is 0.354 e. The standard InChI is InChI=1S/C17H9Cl2IN2O3/c18-7-1-2-8(12(19)3-7)9-4-10-14(5-13(9)20)25-6-11-15(10)21-22-16(11)17(23)24/h1-5H,6H2,(H,21,22)(H,23,24). The van der Waals surface area contributed by atoms with E-state index in [0.29, 0.717) is 27.1 Å². The number of hydrogen-bond donors (Lipinski definition) is 2. The Balaban J connectivity index is 1.92. The normalized spacial score (nSPS) is 12.3. The van der Waals surface area contributed by atoms with Crippen molar-refractivity contribution in [2.45, 2.75) is 6.61 Å². The number of aromatic carboxylic acids is 1. The minimum atomic E-state index is -1.06. The lowest BCUT2D eigenvalue weighted by Gasteiger charge is -2.19. The number of aromatic amines is 1. The molecule has 0 aliphatic carbocycles. The monoisotopic (exact) mass is 486 g/mol. The van der Waals surface area contributed by atoms with E-state index in [1.165, 1.54) is 0 Å². The molecule has 0 saturated heterocycles. The molecule has 2 N–H and O–H groups in total. The summed E-state index contributed by atoms with van der Waals surface area (Å²) in [6.45, 7) is 0.164. The van der Waals surface area contributed by atoms with Crippen molar-refractivity contribution in [2.24, 2.45) is 0 Å². The maximum absolute atomic E-state index is 11.3. The van der Waals surface area contributed by atoms with Gasteiger partial charge in [0.2, 0.25) is 0 Å². The number of carboxylic acid groups (broad SMARTS) is 1. The minimum Gasteiger partial charge on any atom is -0.488 e. The number of carboxylic acids is 1. The highest BCUT2D eigenvalue weighted by molar-refractivity contribution is 14.1. The Labute approximate surface area is 166 Å². The number of carbonyl (C=O) groups is 1. The van der Waals surface area contributed by atoms with Gasteiger partial charge in [-0.05, 0) is 52.4 Å². The number of rotatable bonds is 2. The Morgan fingerprint density at radius 2 is 2.00 bits per heavy atom. The van der Waals surface area contributed by atoms with Gasteiger partial charge in [0.1, 0.15) is 18.1 Å². The Morgan fingerprint density at radius 1 is 1.20 bits per heavy atom. The number of benzene rings is 2. The summed E-state index contributed by atoms with van der Waals surface area (Å²) in [6, 6.07) is 9.13. The van der Waals surface area contributed by atoms with Gasteiger partial charge in [0.15, 0.2) is 5.69 Å². The molecule has 1 aromatic heterocycles. The molecule has 8 heteroatoms. The second kappa shape index (κ2) is 6.19. The molecular weight excluding hydrogens is 478 g/mol. The van der Waals surface area contributed by atoms with Gasteiger partial charge in [-0.2, -0.15) is 5.10 Å². The summed E-state index contributed by atoms with van der Waals surface area (Å²) in [5.74, 6) is -0.401. The average molecular weight is 487 g/mol. The maximum atomic E-state index is 11.3. The zero-order valence-corrected chi connectivity index (χ0v) is 16.1. The largest absolute Gasteiger partial charge is 0.488 e. The van der Waals surface area contributed by atoms with Gasteiger partial charge < -0.3 is 9.84 Å². The van der Waals surface area contributed by atoms with Crippen LogP contribution in [0.5, 0.6) is 5.75 Å². The summed E-state index contributed by atoms with van der Waals surface area (Å²) in [5.41, 5.74) is 3.63. The summed E-state index contributed by atoms with van der Waals surface area (Å²) >= 11 is 14.5. The van der Waals surface area contributed by atoms with Gasteiger partial charge in [0.25, 0.3) is 0 Å². The summed E-state index contributed by atoms with van der Waals surface area (Å²) in [4.78, 5) is 11.3. The molecule has 1 aliphatic heterocycles. The molecule has 2 heterocycles. The van der Waals surface area contributed by atoms with Crippen LogP contribution in [-0.4, -0.2) is 21.3 Å². The fraction of sp³-hybridized carbons (Fsp3) is 0.0588. The molecule has 0 fully saturated rings. The first-order valence-corrected chi connectivity index (χ1v) is 9.02. The third kappa shape index (κ3) is 2.78. The van der Waals surface area contributed by atoms with Crippen molar-refractivity contribution in [1.29, 1.82) is 0 Å². The number of hydrogen-bond acceptors (Lipinski definition) is 3. The first-order valence-electron chi connectivity index (χ1n) is 7.18. The Hall–Kier alpha value is -1.77. The van der Waals surface area contributed by atoms with Gasteiger partial charge in [-0.3, -0.25) is 5.10 Å². The molecule has 0 bridgehead atoms. The summed E-state index contributed by atoms with van der Waals surface area (Å²) < 4.78 is 6.69. The zero-order chi connectivity index (χ0) is 17.7. The van der Waals surface area contributed by atoms with Crippen LogP contribution in [0.2, 0.25) is 10.0 Å². The number of nitrogens with one attached hydrogen (secondary N) is 1. The molecule has 0 amide bonds. The number of fused-ring (bicyclic) bond motifs is 3. The molecule has 3 aromatic rings. The van der Waals surface area contributed by atoms with E-state index in [1.807, 2.05) is 18.2 Å². The number of H-pyrrole nitrogens is 1. The maximum Gasteiger partial charge on any atom is 0.354 e. The van der Waals surface area contributed by atoms with Crippen LogP contribution in [0, 0.1) is 3.57 Å². The highest BCUT2D eigenvalue weighted by Crippen LogP contribution is 2.43. The Bertz CT molecular complexity index is 1030. The molecular formula is C17H9Cl2IN2O3. The molecule has 126 valence electrons. The lowest BCUT2D eigenvalue weighted by Crippen LogP contribution is -2.09. The molecule has 25 heavy (non-hydrogen) atoms. The van der Waals surface area contributed by atoms with E-state index in [-0.39, 0.29) is 12.3 Å². The number of nitrogens with zero attached hydrogens (tertiary/aromatic N) is 1. The molecule has 0 spiro atoms. The molecule has 5 nitrogen and oxygen atoms in total. The zero-order valence-electron chi connectivity index (χ0n) is 12.4. The van der Waals surface area contributed by atoms with Crippen LogP contribution in [-0.2, 0) is 6.61 Å². The SMILES string of the molecule is O=C(O)c1[nH]nc2c1COc1cc(I)c(-c3ccc(Cl)cc3Cl)cc1-2. The highest BCUT2D eigenvalue weighted by Gasteiger charge is 2.27. The average Bonchev–Trinajstić information content (AvgIpc) is 2.99.